The molecule has 1 atom stereocenters. The van der Waals surface area contributed by atoms with Crippen LogP contribution in [0.3, 0.4) is 0 Å². The van der Waals surface area contributed by atoms with E-state index in [0.29, 0.717) is 22.7 Å². The fourth-order valence-corrected chi connectivity index (χ4v) is 5.19. The first-order valence-electron chi connectivity index (χ1n) is 9.31. The van der Waals surface area contributed by atoms with Gasteiger partial charge in [-0.05, 0) is 49.6 Å². The van der Waals surface area contributed by atoms with E-state index in [1.165, 1.54) is 18.2 Å². The van der Waals surface area contributed by atoms with Gasteiger partial charge in [0.05, 0.1) is 6.54 Å². The van der Waals surface area contributed by atoms with Crippen molar-refractivity contribution < 1.29 is 22.4 Å². The number of hydrogen-bond donors (Lipinski definition) is 2. The standard InChI is InChI=1S/C20H21ClFN3O4S/c1-13-14(21)6-4-8-16(13)24-19(26)12-23-20(27)17-9-5-11-25(17)30(28,29)18-10-3-2-7-15(18)22/h2-4,6-8,10,17H,5,9,11-12H2,1H3,(H,23,27)(H,24,26). The van der Waals surface area contributed by atoms with E-state index in [1.54, 1.807) is 25.1 Å². The molecule has 1 fully saturated rings. The highest BCUT2D eigenvalue weighted by molar-refractivity contribution is 7.89. The molecule has 2 N–H and O–H groups in total. The second kappa shape index (κ2) is 9.11. The molecule has 0 radical (unpaired) electrons. The Labute approximate surface area is 179 Å². The summed E-state index contributed by atoms with van der Waals surface area (Å²) in [4.78, 5) is 24.3. The third-order valence-corrected chi connectivity index (χ3v) is 7.25. The van der Waals surface area contributed by atoms with Crippen molar-refractivity contribution in [3.63, 3.8) is 0 Å². The number of amides is 2. The molecule has 1 heterocycles. The molecule has 2 amide bonds. The van der Waals surface area contributed by atoms with E-state index in [-0.39, 0.29) is 19.5 Å². The van der Waals surface area contributed by atoms with Crippen molar-refractivity contribution in [3.05, 3.63) is 58.9 Å². The third-order valence-electron chi connectivity index (χ3n) is 4.89. The lowest BCUT2D eigenvalue weighted by Crippen LogP contribution is -2.47. The number of rotatable bonds is 6. The van der Waals surface area contributed by atoms with E-state index in [2.05, 4.69) is 10.6 Å². The molecule has 30 heavy (non-hydrogen) atoms. The van der Waals surface area contributed by atoms with Gasteiger partial charge in [-0.2, -0.15) is 4.31 Å². The largest absolute Gasteiger partial charge is 0.346 e. The zero-order chi connectivity index (χ0) is 21.9. The second-order valence-electron chi connectivity index (χ2n) is 6.88. The Morgan fingerprint density at radius 3 is 2.67 bits per heavy atom. The Morgan fingerprint density at radius 1 is 1.20 bits per heavy atom. The molecule has 7 nitrogen and oxygen atoms in total. The minimum Gasteiger partial charge on any atom is -0.346 e. The van der Waals surface area contributed by atoms with E-state index in [0.717, 1.165) is 10.4 Å². The summed E-state index contributed by atoms with van der Waals surface area (Å²) in [6, 6.07) is 9.09. The predicted molar refractivity (Wildman–Crippen MR) is 111 cm³/mol. The van der Waals surface area contributed by atoms with Crippen molar-refractivity contribution in [3.8, 4) is 0 Å². The van der Waals surface area contributed by atoms with Gasteiger partial charge in [-0.3, -0.25) is 9.59 Å². The van der Waals surface area contributed by atoms with Gasteiger partial charge in [0.25, 0.3) is 0 Å². The second-order valence-corrected chi connectivity index (χ2v) is 9.15. The monoisotopic (exact) mass is 453 g/mol. The molecule has 0 aromatic heterocycles. The summed E-state index contributed by atoms with van der Waals surface area (Å²) >= 11 is 6.02. The van der Waals surface area contributed by atoms with E-state index >= 15 is 0 Å². The van der Waals surface area contributed by atoms with Gasteiger partial charge < -0.3 is 10.6 Å². The molecule has 10 heteroatoms. The van der Waals surface area contributed by atoms with E-state index in [1.807, 2.05) is 0 Å². The van der Waals surface area contributed by atoms with Gasteiger partial charge in [0, 0.05) is 17.3 Å². The Morgan fingerprint density at radius 2 is 1.93 bits per heavy atom. The molecule has 1 aliphatic rings. The lowest BCUT2D eigenvalue weighted by Gasteiger charge is -2.23. The maximum Gasteiger partial charge on any atom is 0.246 e. The van der Waals surface area contributed by atoms with Gasteiger partial charge in [0.2, 0.25) is 21.8 Å². The number of nitrogens with zero attached hydrogens (tertiary/aromatic N) is 1. The highest BCUT2D eigenvalue weighted by Crippen LogP contribution is 2.27. The van der Waals surface area contributed by atoms with Gasteiger partial charge in [-0.1, -0.05) is 29.8 Å². The van der Waals surface area contributed by atoms with Gasteiger partial charge in [-0.15, -0.1) is 0 Å². The number of benzene rings is 2. The molecule has 160 valence electrons. The number of carbonyl (C=O) groups excluding carboxylic acids is 2. The molecule has 1 saturated heterocycles. The summed E-state index contributed by atoms with van der Waals surface area (Å²) in [6.45, 7) is 1.51. The van der Waals surface area contributed by atoms with Crippen molar-refractivity contribution in [2.75, 3.05) is 18.4 Å². The molecule has 2 aromatic carbocycles. The van der Waals surface area contributed by atoms with Crippen molar-refractivity contribution in [1.82, 2.24) is 9.62 Å². The Bertz CT molecular complexity index is 1080. The zero-order valence-electron chi connectivity index (χ0n) is 16.2. The van der Waals surface area contributed by atoms with Crippen LogP contribution in [-0.2, 0) is 19.6 Å². The maximum atomic E-state index is 14.0. The van der Waals surface area contributed by atoms with Crippen LogP contribution >= 0.6 is 11.6 Å². The van der Waals surface area contributed by atoms with Gasteiger partial charge in [0.15, 0.2) is 0 Å². The zero-order valence-corrected chi connectivity index (χ0v) is 17.8. The topological polar surface area (TPSA) is 95.6 Å². The van der Waals surface area contributed by atoms with Crippen LogP contribution in [0, 0.1) is 12.7 Å². The molecule has 1 aliphatic heterocycles. The predicted octanol–water partition coefficient (Wildman–Crippen LogP) is 2.70. The number of sulfonamides is 1. The summed E-state index contributed by atoms with van der Waals surface area (Å²) < 4.78 is 40.7. The Balaban J connectivity index is 1.65. The van der Waals surface area contributed by atoms with Gasteiger partial charge >= 0.3 is 0 Å². The Kier molecular flexibility index (Phi) is 6.74. The lowest BCUT2D eigenvalue weighted by molar-refractivity contribution is -0.126. The number of hydrogen-bond acceptors (Lipinski definition) is 4. The number of nitrogens with one attached hydrogen (secondary N) is 2. The van der Waals surface area contributed by atoms with Crippen molar-refractivity contribution in [2.24, 2.45) is 0 Å². The molecule has 0 bridgehead atoms. The molecule has 0 spiro atoms. The van der Waals surface area contributed by atoms with Crippen LogP contribution in [0.15, 0.2) is 47.4 Å². The highest BCUT2D eigenvalue weighted by atomic mass is 35.5. The third kappa shape index (κ3) is 4.63. The summed E-state index contributed by atoms with van der Waals surface area (Å²) in [6.07, 6.45) is 0.744. The minimum absolute atomic E-state index is 0.0999. The molecule has 0 saturated carbocycles. The lowest BCUT2D eigenvalue weighted by atomic mass is 10.2. The van der Waals surface area contributed by atoms with Crippen LogP contribution in [0.1, 0.15) is 18.4 Å². The van der Waals surface area contributed by atoms with Crippen molar-refractivity contribution in [1.29, 1.82) is 0 Å². The van der Waals surface area contributed by atoms with Crippen LogP contribution in [-0.4, -0.2) is 43.7 Å². The molecule has 2 aromatic rings. The summed E-state index contributed by atoms with van der Waals surface area (Å²) in [7, 11) is -4.18. The molecule has 0 aliphatic carbocycles. The smallest absolute Gasteiger partial charge is 0.246 e. The fraction of sp³-hybridized carbons (Fsp3) is 0.300. The quantitative estimate of drug-likeness (QED) is 0.703. The SMILES string of the molecule is Cc1c(Cl)cccc1NC(=O)CNC(=O)C1CCCN1S(=O)(=O)c1ccccc1F. The van der Waals surface area contributed by atoms with Crippen LogP contribution in [0.4, 0.5) is 10.1 Å². The number of anilines is 1. The molecule has 1 unspecified atom stereocenters. The minimum atomic E-state index is -4.18. The average molecular weight is 454 g/mol. The summed E-state index contributed by atoms with van der Waals surface area (Å²) in [5.74, 6) is -1.96. The molecular formula is C20H21ClFN3O4S. The Hall–Kier alpha value is -2.49. The van der Waals surface area contributed by atoms with Gasteiger partial charge in [-0.25, -0.2) is 12.8 Å². The highest BCUT2D eigenvalue weighted by Gasteiger charge is 2.40. The van der Waals surface area contributed by atoms with E-state index < -0.39 is 38.6 Å². The van der Waals surface area contributed by atoms with Crippen LogP contribution in [0.2, 0.25) is 5.02 Å². The normalized spacial score (nSPS) is 17.0. The van der Waals surface area contributed by atoms with E-state index in [9.17, 15) is 22.4 Å². The van der Waals surface area contributed by atoms with Crippen molar-refractivity contribution >= 4 is 39.1 Å². The van der Waals surface area contributed by atoms with Crippen LogP contribution in [0.25, 0.3) is 0 Å². The molecular weight excluding hydrogens is 433 g/mol. The molecule has 3 rings (SSSR count). The number of carbonyl (C=O) groups is 2. The number of halogens is 2. The average Bonchev–Trinajstić information content (AvgIpc) is 3.21. The summed E-state index contributed by atoms with van der Waals surface area (Å²) in [5, 5.41) is 5.61. The maximum absolute atomic E-state index is 14.0. The van der Waals surface area contributed by atoms with Crippen LogP contribution in [0.5, 0.6) is 0 Å². The first-order valence-corrected chi connectivity index (χ1v) is 11.1. The van der Waals surface area contributed by atoms with Gasteiger partial charge in [0.1, 0.15) is 16.8 Å². The first-order chi connectivity index (χ1) is 14.2. The fourth-order valence-electron chi connectivity index (χ4n) is 3.29. The van der Waals surface area contributed by atoms with Crippen molar-refractivity contribution in [2.45, 2.75) is 30.7 Å². The van der Waals surface area contributed by atoms with E-state index in [4.69, 9.17) is 11.6 Å². The van der Waals surface area contributed by atoms with Crippen LogP contribution < -0.4 is 10.6 Å². The first kappa shape index (κ1) is 22.2. The summed E-state index contributed by atoms with van der Waals surface area (Å²) in [5.41, 5.74) is 1.21.